The minimum Gasteiger partial charge on any atom is -0.481 e. The van der Waals surface area contributed by atoms with Crippen molar-refractivity contribution in [3.05, 3.63) is 59.2 Å². The van der Waals surface area contributed by atoms with E-state index in [2.05, 4.69) is 0 Å². The summed E-state index contributed by atoms with van der Waals surface area (Å²) in [5.74, 6) is 0.533. The molecule has 2 aromatic rings. The second-order valence-electron chi connectivity index (χ2n) is 7.55. The fourth-order valence-electron chi connectivity index (χ4n) is 3.31. The van der Waals surface area contributed by atoms with Gasteiger partial charge < -0.3 is 9.64 Å². The monoisotopic (exact) mass is 416 g/mol. The van der Waals surface area contributed by atoms with Crippen molar-refractivity contribution in [2.24, 2.45) is 0 Å². The Morgan fingerprint density at radius 3 is 2.14 bits per heavy atom. The number of amides is 1. The Hall–Kier alpha value is -2.38. The van der Waals surface area contributed by atoms with Crippen molar-refractivity contribution >= 4 is 15.9 Å². The molecule has 0 N–H and O–H groups in total. The summed E-state index contributed by atoms with van der Waals surface area (Å²) >= 11 is 0. The van der Waals surface area contributed by atoms with Crippen molar-refractivity contribution in [2.45, 2.75) is 38.7 Å². The standard InChI is InChI=1S/C22H28N2O4S/c1-16-5-9-21(10-6-16)29(26,27)24-13-11-23(12-14-24)22(25)19(4)28-20-8-7-17(2)18(3)15-20/h5-10,15,19H,11-14H2,1-4H3/t19-/m0/s1. The van der Waals surface area contributed by atoms with Gasteiger partial charge in [0.2, 0.25) is 10.0 Å². The highest BCUT2D eigenvalue weighted by Gasteiger charge is 2.32. The van der Waals surface area contributed by atoms with E-state index in [1.54, 1.807) is 36.1 Å². The number of hydrogen-bond donors (Lipinski definition) is 0. The Morgan fingerprint density at radius 2 is 1.55 bits per heavy atom. The van der Waals surface area contributed by atoms with Gasteiger partial charge >= 0.3 is 0 Å². The molecule has 1 atom stereocenters. The predicted octanol–water partition coefficient (Wildman–Crippen LogP) is 2.91. The molecule has 1 fully saturated rings. The van der Waals surface area contributed by atoms with Crippen molar-refractivity contribution in [1.29, 1.82) is 0 Å². The number of hydrogen-bond acceptors (Lipinski definition) is 4. The highest BCUT2D eigenvalue weighted by atomic mass is 32.2. The SMILES string of the molecule is Cc1ccc(S(=O)(=O)N2CCN(C(=O)[C@H](C)Oc3ccc(C)c(C)c3)CC2)cc1. The number of piperazine rings is 1. The van der Waals surface area contributed by atoms with Crippen LogP contribution in [0, 0.1) is 20.8 Å². The Bertz CT molecular complexity index is 978. The topological polar surface area (TPSA) is 66.9 Å². The smallest absolute Gasteiger partial charge is 0.263 e. The molecule has 29 heavy (non-hydrogen) atoms. The van der Waals surface area contributed by atoms with Gasteiger partial charge in [-0.15, -0.1) is 0 Å². The first-order chi connectivity index (χ1) is 13.7. The summed E-state index contributed by atoms with van der Waals surface area (Å²) in [6.45, 7) is 8.93. The fourth-order valence-corrected chi connectivity index (χ4v) is 4.73. The molecule has 0 radical (unpaired) electrons. The zero-order chi connectivity index (χ0) is 21.2. The Labute approximate surface area is 173 Å². The number of benzene rings is 2. The summed E-state index contributed by atoms with van der Waals surface area (Å²) in [5, 5.41) is 0. The van der Waals surface area contributed by atoms with Gasteiger partial charge in [0.05, 0.1) is 4.90 Å². The van der Waals surface area contributed by atoms with E-state index in [0.29, 0.717) is 18.8 Å². The van der Waals surface area contributed by atoms with Crippen LogP contribution >= 0.6 is 0 Å². The van der Waals surface area contributed by atoms with Crippen molar-refractivity contribution in [1.82, 2.24) is 9.21 Å². The highest BCUT2D eigenvalue weighted by Crippen LogP contribution is 2.20. The van der Waals surface area contributed by atoms with Crippen molar-refractivity contribution in [3.63, 3.8) is 0 Å². The highest BCUT2D eigenvalue weighted by molar-refractivity contribution is 7.89. The van der Waals surface area contributed by atoms with Gasteiger partial charge in [0.25, 0.3) is 5.91 Å². The number of rotatable bonds is 5. The van der Waals surface area contributed by atoms with Crippen molar-refractivity contribution < 1.29 is 17.9 Å². The van der Waals surface area contributed by atoms with Crippen LogP contribution < -0.4 is 4.74 Å². The second-order valence-corrected chi connectivity index (χ2v) is 9.49. The lowest BCUT2D eigenvalue weighted by Crippen LogP contribution is -2.53. The summed E-state index contributed by atoms with van der Waals surface area (Å²) in [5.41, 5.74) is 3.29. The molecule has 6 nitrogen and oxygen atoms in total. The molecular formula is C22H28N2O4S. The van der Waals surface area contributed by atoms with E-state index in [1.165, 1.54) is 9.87 Å². The number of aryl methyl sites for hydroxylation is 3. The normalized spacial score (nSPS) is 16.5. The molecule has 0 spiro atoms. The van der Waals surface area contributed by atoms with Gasteiger partial charge in [-0.3, -0.25) is 4.79 Å². The van der Waals surface area contributed by atoms with Gasteiger partial charge in [0, 0.05) is 26.2 Å². The lowest BCUT2D eigenvalue weighted by molar-refractivity contribution is -0.139. The van der Waals surface area contributed by atoms with Crippen LogP contribution in [0.15, 0.2) is 47.4 Å². The summed E-state index contributed by atoms with van der Waals surface area (Å²) in [6, 6.07) is 12.6. The number of carbonyl (C=O) groups is 1. The van der Waals surface area contributed by atoms with E-state index in [9.17, 15) is 13.2 Å². The summed E-state index contributed by atoms with van der Waals surface area (Å²) < 4.78 is 32.9. The average Bonchev–Trinajstić information content (AvgIpc) is 2.70. The van der Waals surface area contributed by atoms with Crippen LogP contribution in [0.4, 0.5) is 0 Å². The second kappa shape index (κ2) is 8.55. The van der Waals surface area contributed by atoms with Gasteiger partial charge in [-0.05, 0) is 63.1 Å². The van der Waals surface area contributed by atoms with E-state index in [0.717, 1.165) is 11.1 Å². The molecule has 7 heteroatoms. The summed E-state index contributed by atoms with van der Waals surface area (Å²) in [4.78, 5) is 14.7. The van der Waals surface area contributed by atoms with E-state index >= 15 is 0 Å². The Morgan fingerprint density at radius 1 is 0.931 bits per heavy atom. The molecule has 0 saturated carbocycles. The maximum atomic E-state index is 12.8. The van der Waals surface area contributed by atoms with Crippen LogP contribution in [0.25, 0.3) is 0 Å². The molecular weight excluding hydrogens is 388 g/mol. The molecule has 156 valence electrons. The van der Waals surface area contributed by atoms with Crippen LogP contribution in [0.1, 0.15) is 23.6 Å². The average molecular weight is 417 g/mol. The lowest BCUT2D eigenvalue weighted by Gasteiger charge is -2.35. The molecule has 2 aromatic carbocycles. The quantitative estimate of drug-likeness (QED) is 0.752. The Balaban J connectivity index is 1.60. The van der Waals surface area contributed by atoms with Crippen LogP contribution in [-0.2, 0) is 14.8 Å². The zero-order valence-corrected chi connectivity index (χ0v) is 18.2. The van der Waals surface area contributed by atoms with E-state index in [1.807, 2.05) is 39.0 Å². The van der Waals surface area contributed by atoms with Gasteiger partial charge in [-0.2, -0.15) is 4.31 Å². The first-order valence-corrected chi connectivity index (χ1v) is 11.2. The number of nitrogens with zero attached hydrogens (tertiary/aromatic N) is 2. The lowest BCUT2D eigenvalue weighted by atomic mass is 10.1. The number of sulfonamides is 1. The number of ether oxygens (including phenoxy) is 1. The molecule has 0 unspecified atom stereocenters. The number of carbonyl (C=O) groups excluding carboxylic acids is 1. The van der Waals surface area contributed by atoms with E-state index in [4.69, 9.17) is 4.74 Å². The first-order valence-electron chi connectivity index (χ1n) is 9.78. The molecule has 1 amide bonds. The Kier molecular flexibility index (Phi) is 6.29. The maximum absolute atomic E-state index is 12.8. The summed E-state index contributed by atoms with van der Waals surface area (Å²) in [6.07, 6.45) is -0.627. The van der Waals surface area contributed by atoms with Crippen molar-refractivity contribution in [2.75, 3.05) is 26.2 Å². The predicted molar refractivity (Wildman–Crippen MR) is 113 cm³/mol. The zero-order valence-electron chi connectivity index (χ0n) is 17.4. The van der Waals surface area contributed by atoms with Gasteiger partial charge in [0.15, 0.2) is 6.10 Å². The molecule has 0 bridgehead atoms. The van der Waals surface area contributed by atoms with Gasteiger partial charge in [-0.25, -0.2) is 8.42 Å². The third-order valence-electron chi connectivity index (χ3n) is 5.35. The molecule has 1 saturated heterocycles. The van der Waals surface area contributed by atoms with Gasteiger partial charge in [0.1, 0.15) is 5.75 Å². The first kappa shape index (κ1) is 21.3. The maximum Gasteiger partial charge on any atom is 0.263 e. The molecule has 1 aliphatic rings. The molecule has 0 aromatic heterocycles. The van der Waals surface area contributed by atoms with E-state index < -0.39 is 16.1 Å². The largest absolute Gasteiger partial charge is 0.481 e. The van der Waals surface area contributed by atoms with E-state index in [-0.39, 0.29) is 23.9 Å². The molecule has 3 rings (SSSR count). The minimum atomic E-state index is -3.54. The third kappa shape index (κ3) is 4.79. The molecule has 1 aliphatic heterocycles. The van der Waals surface area contributed by atoms with Crippen LogP contribution in [0.5, 0.6) is 5.75 Å². The van der Waals surface area contributed by atoms with Crippen LogP contribution in [-0.4, -0.2) is 55.8 Å². The molecule has 0 aliphatic carbocycles. The van der Waals surface area contributed by atoms with Crippen molar-refractivity contribution in [3.8, 4) is 5.75 Å². The molecule has 1 heterocycles. The minimum absolute atomic E-state index is 0.129. The van der Waals surface area contributed by atoms with Crippen LogP contribution in [0.2, 0.25) is 0 Å². The van der Waals surface area contributed by atoms with Crippen LogP contribution in [0.3, 0.4) is 0 Å². The fraction of sp³-hybridized carbons (Fsp3) is 0.409. The van der Waals surface area contributed by atoms with Gasteiger partial charge in [-0.1, -0.05) is 23.8 Å². The summed E-state index contributed by atoms with van der Waals surface area (Å²) in [7, 11) is -3.54. The third-order valence-corrected chi connectivity index (χ3v) is 7.26.